The summed E-state index contributed by atoms with van der Waals surface area (Å²) in [4.78, 5) is 27.1. The first-order chi connectivity index (χ1) is 18.9. The molecule has 2 fully saturated rings. The fraction of sp³-hybridized carbons (Fsp3) is 0.455. The van der Waals surface area contributed by atoms with Crippen LogP contribution in [0.4, 0.5) is 4.79 Å². The molecule has 0 aromatic heterocycles. The quantitative estimate of drug-likeness (QED) is 0.340. The summed E-state index contributed by atoms with van der Waals surface area (Å²) < 4.78 is 5.98. The van der Waals surface area contributed by atoms with Crippen molar-refractivity contribution in [1.29, 1.82) is 0 Å². The molecule has 3 aromatic rings. The Morgan fingerprint density at radius 1 is 0.949 bits per heavy atom. The van der Waals surface area contributed by atoms with Gasteiger partial charge >= 0.3 is 6.09 Å². The Hall–Kier alpha value is -3.38. The Morgan fingerprint density at radius 3 is 2.51 bits per heavy atom. The number of aliphatic hydroxyl groups is 1. The van der Waals surface area contributed by atoms with E-state index in [2.05, 4.69) is 22.8 Å². The molecule has 0 saturated heterocycles. The van der Waals surface area contributed by atoms with Gasteiger partial charge < -0.3 is 20.5 Å². The van der Waals surface area contributed by atoms with Crippen molar-refractivity contribution in [3.8, 4) is 0 Å². The number of nitrogens with one attached hydrogen (secondary N) is 2. The van der Waals surface area contributed by atoms with E-state index in [4.69, 9.17) is 4.74 Å². The van der Waals surface area contributed by atoms with Crippen LogP contribution >= 0.6 is 0 Å². The number of carbonyl (C=O) groups excluding carboxylic acids is 2. The van der Waals surface area contributed by atoms with Crippen LogP contribution in [0.15, 0.2) is 72.8 Å². The SMILES string of the molecule is CC(Cc1ccc2ccccc2c1)(NC(=O)OC1CCC2CCCC1C2)C(=O)NC(CO)Cc1ccccc1. The second-order valence-electron chi connectivity index (χ2n) is 11.7. The van der Waals surface area contributed by atoms with Gasteiger partial charge in [-0.25, -0.2) is 4.79 Å². The summed E-state index contributed by atoms with van der Waals surface area (Å²) in [6, 6.07) is 23.4. The molecule has 2 aliphatic rings. The highest BCUT2D eigenvalue weighted by Gasteiger charge is 2.40. The average molecular weight is 529 g/mol. The number of alkyl carbamates (subject to hydrolysis) is 1. The van der Waals surface area contributed by atoms with Crippen LogP contribution in [0.3, 0.4) is 0 Å². The van der Waals surface area contributed by atoms with Crippen molar-refractivity contribution in [1.82, 2.24) is 10.6 Å². The Bertz CT molecular complexity index is 1280. The van der Waals surface area contributed by atoms with Crippen LogP contribution in [0, 0.1) is 11.8 Å². The second-order valence-corrected chi connectivity index (χ2v) is 11.7. The van der Waals surface area contributed by atoms with Gasteiger partial charge in [0.05, 0.1) is 12.6 Å². The molecular weight excluding hydrogens is 488 g/mol. The smallest absolute Gasteiger partial charge is 0.408 e. The first-order valence-corrected chi connectivity index (χ1v) is 14.3. The molecular formula is C33H40N2O4. The highest BCUT2D eigenvalue weighted by atomic mass is 16.6. The summed E-state index contributed by atoms with van der Waals surface area (Å²) in [6.45, 7) is 1.54. The first kappa shape index (κ1) is 27.2. The van der Waals surface area contributed by atoms with Crippen LogP contribution in [0.1, 0.15) is 56.6 Å². The molecule has 2 saturated carbocycles. The minimum absolute atomic E-state index is 0.0993. The van der Waals surface area contributed by atoms with Gasteiger partial charge in [0, 0.05) is 6.42 Å². The molecule has 0 radical (unpaired) electrons. The van der Waals surface area contributed by atoms with Crippen LogP contribution in [-0.4, -0.2) is 41.4 Å². The molecule has 6 nitrogen and oxygen atoms in total. The van der Waals surface area contributed by atoms with E-state index in [-0.39, 0.29) is 18.6 Å². The maximum absolute atomic E-state index is 13.8. The van der Waals surface area contributed by atoms with Crippen LogP contribution < -0.4 is 10.6 Å². The summed E-state index contributed by atoms with van der Waals surface area (Å²) in [7, 11) is 0. The predicted octanol–water partition coefficient (Wildman–Crippen LogP) is 5.56. The number of hydrogen-bond donors (Lipinski definition) is 3. The Morgan fingerprint density at radius 2 is 1.72 bits per heavy atom. The Kier molecular flexibility index (Phi) is 8.51. The number of aliphatic hydroxyl groups excluding tert-OH is 1. The van der Waals surface area contributed by atoms with Gasteiger partial charge in [-0.2, -0.15) is 0 Å². The molecule has 0 aliphatic heterocycles. The van der Waals surface area contributed by atoms with Gasteiger partial charge in [-0.3, -0.25) is 4.79 Å². The minimum Gasteiger partial charge on any atom is -0.446 e. The fourth-order valence-corrected chi connectivity index (χ4v) is 6.46. The van der Waals surface area contributed by atoms with Crippen molar-refractivity contribution in [3.05, 3.63) is 83.9 Å². The van der Waals surface area contributed by atoms with E-state index in [1.54, 1.807) is 6.92 Å². The summed E-state index contributed by atoms with van der Waals surface area (Å²) >= 11 is 0. The third-order valence-corrected chi connectivity index (χ3v) is 8.60. The lowest BCUT2D eigenvalue weighted by Gasteiger charge is -2.40. The number of carbonyl (C=O) groups is 2. The van der Waals surface area contributed by atoms with Crippen molar-refractivity contribution in [2.45, 2.75) is 76.0 Å². The number of hydrogen-bond acceptors (Lipinski definition) is 4. The molecule has 5 rings (SSSR count). The van der Waals surface area contributed by atoms with Gasteiger partial charge in [-0.15, -0.1) is 0 Å². The minimum atomic E-state index is -1.27. The summed E-state index contributed by atoms with van der Waals surface area (Å²) in [5.41, 5.74) is 0.680. The highest BCUT2D eigenvalue weighted by molar-refractivity contribution is 5.90. The van der Waals surface area contributed by atoms with Crippen LogP contribution in [0.25, 0.3) is 10.8 Å². The lowest BCUT2D eigenvalue weighted by atomic mass is 9.71. The van der Waals surface area contributed by atoms with Crippen molar-refractivity contribution in [2.24, 2.45) is 11.8 Å². The van der Waals surface area contributed by atoms with Gasteiger partial charge in [-0.1, -0.05) is 85.6 Å². The van der Waals surface area contributed by atoms with Crippen molar-refractivity contribution < 1.29 is 19.4 Å². The number of benzene rings is 3. The van der Waals surface area contributed by atoms with Gasteiger partial charge in [-0.05, 0) is 72.8 Å². The van der Waals surface area contributed by atoms with E-state index < -0.39 is 17.7 Å². The van der Waals surface area contributed by atoms with Gasteiger partial charge in [0.1, 0.15) is 11.6 Å². The van der Waals surface area contributed by atoms with Crippen LogP contribution in [-0.2, 0) is 22.4 Å². The molecule has 0 spiro atoms. The van der Waals surface area contributed by atoms with Crippen LogP contribution in [0.2, 0.25) is 0 Å². The predicted molar refractivity (Wildman–Crippen MR) is 153 cm³/mol. The summed E-state index contributed by atoms with van der Waals surface area (Å²) in [5, 5.41) is 18.2. The number of amides is 2. The molecule has 5 unspecified atom stereocenters. The average Bonchev–Trinajstić information content (AvgIpc) is 2.95. The molecule has 2 amide bonds. The zero-order chi connectivity index (χ0) is 27.2. The number of fused-ring (bicyclic) bond motifs is 3. The zero-order valence-electron chi connectivity index (χ0n) is 22.8. The molecule has 3 aromatic carbocycles. The van der Waals surface area contributed by atoms with E-state index in [0.717, 1.165) is 53.5 Å². The fourth-order valence-electron chi connectivity index (χ4n) is 6.46. The highest BCUT2D eigenvalue weighted by Crippen LogP contribution is 2.41. The molecule has 206 valence electrons. The van der Waals surface area contributed by atoms with Gasteiger partial charge in [0.2, 0.25) is 5.91 Å². The van der Waals surface area contributed by atoms with Crippen molar-refractivity contribution >= 4 is 22.8 Å². The maximum atomic E-state index is 13.8. The van der Waals surface area contributed by atoms with E-state index in [1.165, 1.54) is 12.8 Å². The van der Waals surface area contributed by atoms with Crippen LogP contribution in [0.5, 0.6) is 0 Å². The van der Waals surface area contributed by atoms with Gasteiger partial charge in [0.15, 0.2) is 0 Å². The van der Waals surface area contributed by atoms with Crippen molar-refractivity contribution in [3.63, 3.8) is 0 Å². The summed E-state index contributed by atoms with van der Waals surface area (Å²) in [5.74, 6) is 0.827. The molecule has 6 heteroatoms. The largest absolute Gasteiger partial charge is 0.446 e. The van der Waals surface area contributed by atoms with E-state index in [0.29, 0.717) is 18.8 Å². The van der Waals surface area contributed by atoms with Crippen molar-refractivity contribution in [2.75, 3.05) is 6.61 Å². The van der Waals surface area contributed by atoms with Gasteiger partial charge in [0.25, 0.3) is 0 Å². The molecule has 3 N–H and O–H groups in total. The molecule has 2 aliphatic carbocycles. The normalized spacial score (nSPS) is 22.9. The summed E-state index contributed by atoms with van der Waals surface area (Å²) in [6.07, 6.45) is 6.83. The third kappa shape index (κ3) is 6.80. The topological polar surface area (TPSA) is 87.7 Å². The molecule has 0 heterocycles. The maximum Gasteiger partial charge on any atom is 0.408 e. The van der Waals surface area contributed by atoms with E-state index >= 15 is 0 Å². The molecule has 5 atom stereocenters. The van der Waals surface area contributed by atoms with E-state index in [1.807, 2.05) is 60.7 Å². The Labute approximate surface area is 231 Å². The standard InChI is InChI=1S/C33H40N2O4/c1-33(21-25-14-16-26-11-5-6-12-27(26)19-25,31(37)34-29(22-36)20-23-8-3-2-4-9-23)35-32(38)39-30-17-15-24-10-7-13-28(30)18-24/h2-6,8-9,11-12,14,16,19,24,28-30,36H,7,10,13,15,17-18,20-22H2,1H3,(H,34,37)(H,35,38). The van der Waals surface area contributed by atoms with E-state index in [9.17, 15) is 14.7 Å². The number of ether oxygens (including phenoxy) is 1. The zero-order valence-corrected chi connectivity index (χ0v) is 22.8. The third-order valence-electron chi connectivity index (χ3n) is 8.60. The Balaban J connectivity index is 1.33. The lowest BCUT2D eigenvalue weighted by Crippen LogP contribution is -2.61. The number of rotatable bonds is 9. The molecule has 39 heavy (non-hydrogen) atoms. The monoisotopic (exact) mass is 528 g/mol. The first-order valence-electron chi connectivity index (χ1n) is 14.3. The second kappa shape index (κ2) is 12.2. The lowest BCUT2D eigenvalue weighted by molar-refractivity contribution is -0.128. The molecule has 2 bridgehead atoms.